The minimum absolute atomic E-state index is 0.00687. The standard InChI is InChI=1S/C29H24F12OS2/c1-2-43-28(34)26(33)18-5-3-16(4-6-18)17-7-9-20(10-8-17)29(35,36)42-21-11-12-22(23(30)15-21)19-13-24(31)27(25(32)14-19)44(37,38,39,40)41/h3-6,11-15,17,20H,2,7-10H2,1H3. The van der Waals surface area contributed by atoms with Crippen molar-refractivity contribution >= 4 is 27.8 Å². The van der Waals surface area contributed by atoms with Crippen molar-refractivity contribution in [3.05, 3.63) is 88.3 Å². The monoisotopic (exact) mass is 680 g/mol. The van der Waals surface area contributed by atoms with Crippen LogP contribution in [0.15, 0.2) is 64.7 Å². The molecule has 1 aliphatic rings. The number of thioether (sulfide) groups is 1. The molecule has 242 valence electrons. The highest BCUT2D eigenvalue weighted by Crippen LogP contribution is 3.02. The molecule has 0 atom stereocenters. The Hall–Kier alpha value is -2.94. The summed E-state index contributed by atoms with van der Waals surface area (Å²) in [6.45, 7) is 1.68. The molecule has 1 fully saturated rings. The molecular weight excluding hydrogens is 656 g/mol. The summed E-state index contributed by atoms with van der Waals surface area (Å²) in [4.78, 5) is -3.37. The number of halogens is 12. The van der Waals surface area contributed by atoms with Crippen molar-refractivity contribution in [1.29, 1.82) is 0 Å². The van der Waals surface area contributed by atoms with Gasteiger partial charge in [0.05, 0.1) is 5.92 Å². The van der Waals surface area contributed by atoms with Gasteiger partial charge in [-0.1, -0.05) is 62.4 Å². The second-order valence-electron chi connectivity index (χ2n) is 10.2. The maximum Gasteiger partial charge on any atom is 0.400 e. The highest BCUT2D eigenvalue weighted by Gasteiger charge is 2.69. The van der Waals surface area contributed by atoms with Gasteiger partial charge in [0.1, 0.15) is 23.2 Å². The minimum atomic E-state index is -10.7. The van der Waals surface area contributed by atoms with Gasteiger partial charge < -0.3 is 4.74 Å². The molecule has 0 unspecified atom stereocenters. The summed E-state index contributed by atoms with van der Waals surface area (Å²) in [5.41, 5.74) is -0.820. The van der Waals surface area contributed by atoms with Crippen LogP contribution in [-0.2, 0) is 0 Å². The molecule has 0 aromatic heterocycles. The van der Waals surface area contributed by atoms with E-state index in [1.807, 2.05) is 0 Å². The number of benzene rings is 3. The second kappa shape index (κ2) is 11.5. The maximum atomic E-state index is 15.0. The predicted molar refractivity (Wildman–Crippen MR) is 147 cm³/mol. The second-order valence-corrected chi connectivity index (χ2v) is 13.8. The van der Waals surface area contributed by atoms with Crippen LogP contribution < -0.4 is 4.74 Å². The van der Waals surface area contributed by atoms with Crippen molar-refractivity contribution in [2.75, 3.05) is 5.75 Å². The molecule has 0 bridgehead atoms. The van der Waals surface area contributed by atoms with E-state index in [1.165, 1.54) is 12.1 Å². The summed E-state index contributed by atoms with van der Waals surface area (Å²) in [5.74, 6) is -9.50. The van der Waals surface area contributed by atoms with Crippen molar-refractivity contribution in [2.24, 2.45) is 5.92 Å². The van der Waals surface area contributed by atoms with Gasteiger partial charge in [0.15, 0.2) is 15.9 Å². The number of hydrogen-bond acceptors (Lipinski definition) is 2. The third-order valence-electron chi connectivity index (χ3n) is 7.17. The van der Waals surface area contributed by atoms with Crippen LogP contribution in [0.3, 0.4) is 0 Å². The summed E-state index contributed by atoms with van der Waals surface area (Å²) in [5, 5.41) is -0.937. The predicted octanol–water partition coefficient (Wildman–Crippen LogP) is 12.7. The Bertz CT molecular complexity index is 1540. The molecule has 44 heavy (non-hydrogen) atoms. The molecule has 4 rings (SSSR count). The molecule has 0 heterocycles. The van der Waals surface area contributed by atoms with E-state index in [1.54, 1.807) is 19.1 Å². The molecule has 1 aliphatic carbocycles. The SMILES string of the molecule is CCSC(F)=C(F)c1ccc(C2CCC(C(F)(F)Oc3ccc(-c4cc(F)c(S(F)(F)(F)(F)F)c(F)c4)c(F)c3)CC2)cc1. The Labute approximate surface area is 249 Å². The van der Waals surface area contributed by atoms with Gasteiger partial charge >= 0.3 is 16.3 Å². The summed E-state index contributed by atoms with van der Waals surface area (Å²) < 4.78 is 170. The third kappa shape index (κ3) is 7.64. The number of hydrogen-bond donors (Lipinski definition) is 0. The van der Waals surface area contributed by atoms with Crippen LogP contribution in [0.1, 0.15) is 49.7 Å². The highest BCUT2D eigenvalue weighted by atomic mass is 32.5. The van der Waals surface area contributed by atoms with Gasteiger partial charge in [-0.15, -0.1) is 0 Å². The lowest BCUT2D eigenvalue weighted by atomic mass is 9.78. The van der Waals surface area contributed by atoms with Gasteiger partial charge in [0.2, 0.25) is 0 Å². The lowest BCUT2D eigenvalue weighted by molar-refractivity contribution is -0.222. The molecule has 15 heteroatoms. The van der Waals surface area contributed by atoms with Gasteiger partial charge in [-0.2, -0.15) is 13.2 Å². The fourth-order valence-electron chi connectivity index (χ4n) is 5.09. The lowest BCUT2D eigenvalue weighted by Crippen LogP contribution is -2.37. The van der Waals surface area contributed by atoms with Crippen molar-refractivity contribution in [3.8, 4) is 16.9 Å². The first-order valence-electron chi connectivity index (χ1n) is 13.1. The van der Waals surface area contributed by atoms with Crippen molar-refractivity contribution < 1.29 is 54.9 Å². The maximum absolute atomic E-state index is 15.0. The number of ether oxygens (including phenoxy) is 1. The molecule has 0 spiro atoms. The first kappa shape index (κ1) is 33.9. The lowest BCUT2D eigenvalue weighted by Gasteiger charge is -2.40. The van der Waals surface area contributed by atoms with Crippen LogP contribution in [0.2, 0.25) is 0 Å². The topological polar surface area (TPSA) is 9.23 Å². The molecule has 0 saturated heterocycles. The number of alkyl halides is 2. The zero-order valence-corrected chi connectivity index (χ0v) is 24.3. The van der Waals surface area contributed by atoms with E-state index in [4.69, 9.17) is 4.74 Å². The van der Waals surface area contributed by atoms with Gasteiger partial charge in [0.25, 0.3) is 0 Å². The Balaban J connectivity index is 1.43. The van der Waals surface area contributed by atoms with E-state index in [-0.39, 0.29) is 36.5 Å². The van der Waals surface area contributed by atoms with Gasteiger partial charge in [0, 0.05) is 17.2 Å². The molecule has 0 radical (unpaired) electrons. The molecule has 1 saturated carbocycles. The molecule has 0 amide bonds. The largest absolute Gasteiger partial charge is 0.432 e. The molecule has 1 nitrogen and oxygen atoms in total. The third-order valence-corrected chi connectivity index (χ3v) is 9.05. The van der Waals surface area contributed by atoms with E-state index in [2.05, 4.69) is 0 Å². The quantitative estimate of drug-likeness (QED) is 0.208. The molecule has 3 aromatic rings. The van der Waals surface area contributed by atoms with E-state index < -0.39 is 72.5 Å². The van der Waals surface area contributed by atoms with Crippen molar-refractivity contribution in [1.82, 2.24) is 0 Å². The highest BCUT2D eigenvalue weighted by molar-refractivity contribution is 8.45. The van der Waals surface area contributed by atoms with E-state index >= 15 is 0 Å². The average molecular weight is 681 g/mol. The minimum Gasteiger partial charge on any atom is -0.432 e. The van der Waals surface area contributed by atoms with Crippen LogP contribution in [0.25, 0.3) is 17.0 Å². The summed E-state index contributed by atoms with van der Waals surface area (Å²) >= 11 is 0.723. The van der Waals surface area contributed by atoms with Gasteiger partial charge in [-0.25, -0.2) is 17.6 Å². The molecule has 3 aromatic carbocycles. The zero-order chi connectivity index (χ0) is 32.7. The average Bonchev–Trinajstić information content (AvgIpc) is 2.91. The summed E-state index contributed by atoms with van der Waals surface area (Å²) in [7, 11) is -10.7. The van der Waals surface area contributed by atoms with Crippen LogP contribution in [-0.4, -0.2) is 11.9 Å². The number of rotatable bonds is 9. The molecule has 0 N–H and O–H groups in total. The zero-order valence-electron chi connectivity index (χ0n) is 22.6. The Kier molecular flexibility index (Phi) is 8.83. The Morgan fingerprint density at radius 3 is 1.89 bits per heavy atom. The van der Waals surface area contributed by atoms with E-state index in [0.29, 0.717) is 30.7 Å². The molecule has 0 aliphatic heterocycles. The van der Waals surface area contributed by atoms with Crippen LogP contribution in [0.4, 0.5) is 50.2 Å². The van der Waals surface area contributed by atoms with E-state index in [0.717, 1.165) is 23.4 Å². The first-order valence-corrected chi connectivity index (χ1v) is 16.0. The van der Waals surface area contributed by atoms with Crippen LogP contribution >= 0.6 is 22.0 Å². The van der Waals surface area contributed by atoms with Crippen molar-refractivity contribution in [2.45, 2.75) is 49.5 Å². The Morgan fingerprint density at radius 1 is 0.818 bits per heavy atom. The molecular formula is C29H24F12OS2. The Morgan fingerprint density at radius 2 is 1.39 bits per heavy atom. The van der Waals surface area contributed by atoms with Crippen LogP contribution in [0.5, 0.6) is 5.75 Å². The summed E-state index contributed by atoms with van der Waals surface area (Å²) in [6.07, 6.45) is -3.19. The first-order chi connectivity index (χ1) is 20.2. The van der Waals surface area contributed by atoms with E-state index in [9.17, 15) is 50.2 Å². The summed E-state index contributed by atoms with van der Waals surface area (Å²) in [6, 6.07) is 7.69. The van der Waals surface area contributed by atoms with Gasteiger partial charge in [-0.05, 0) is 72.7 Å². The van der Waals surface area contributed by atoms with Crippen molar-refractivity contribution in [3.63, 3.8) is 0 Å². The fraction of sp³-hybridized carbons (Fsp3) is 0.310. The van der Waals surface area contributed by atoms with Crippen LogP contribution in [0, 0.1) is 23.4 Å². The van der Waals surface area contributed by atoms with Gasteiger partial charge in [-0.3, -0.25) is 0 Å². The smallest absolute Gasteiger partial charge is 0.400 e. The normalized spacial score (nSPS) is 20.0. The fourth-order valence-corrected chi connectivity index (χ4v) is 6.44.